The number of Topliss-reactive ketones (excluding diaryl/α,β-unsaturated/α-hetero) is 1. The molecule has 4 heteroatoms. The molecule has 0 heterocycles. The van der Waals surface area contributed by atoms with Crippen molar-refractivity contribution in [1.82, 2.24) is 5.48 Å². The number of hydrogen-bond acceptors (Lipinski definition) is 4. The van der Waals surface area contributed by atoms with Crippen molar-refractivity contribution in [3.8, 4) is 0 Å². The van der Waals surface area contributed by atoms with Crippen LogP contribution in [0.5, 0.6) is 0 Å². The van der Waals surface area contributed by atoms with Crippen molar-refractivity contribution in [3.63, 3.8) is 0 Å². The SMILES string of the molecule is Cc1ccc([C@H](C)NOC(=O)c2ccc(C(=[O+])C3[C@@H]4C=C[C@H]3CC4)cc2)cc1. The van der Waals surface area contributed by atoms with Gasteiger partial charge in [-0.2, -0.15) is 0 Å². The first kappa shape index (κ1) is 18.6. The molecule has 2 bridgehead atoms. The largest absolute Gasteiger partial charge is 0.478 e. The van der Waals surface area contributed by atoms with Crippen LogP contribution in [0.2, 0.25) is 0 Å². The molecule has 2 aromatic carbocycles. The number of aryl methyl sites for hydroxylation is 1. The molecule has 4 atom stereocenters. The minimum absolute atomic E-state index is 0.0785. The summed E-state index contributed by atoms with van der Waals surface area (Å²) in [5.74, 6) is 0.572. The highest BCUT2D eigenvalue weighted by Crippen LogP contribution is 2.45. The van der Waals surface area contributed by atoms with Gasteiger partial charge in [0.25, 0.3) is 0 Å². The van der Waals surface area contributed by atoms with Crippen molar-refractivity contribution in [2.45, 2.75) is 32.7 Å². The fourth-order valence-electron chi connectivity index (χ4n) is 4.25. The van der Waals surface area contributed by atoms with Gasteiger partial charge in [-0.3, -0.25) is 0 Å². The van der Waals surface area contributed by atoms with Crippen LogP contribution < -0.4 is 5.48 Å². The summed E-state index contributed by atoms with van der Waals surface area (Å²) in [6, 6.07) is 14.7. The zero-order valence-corrected chi connectivity index (χ0v) is 16.2. The molecule has 0 amide bonds. The summed E-state index contributed by atoms with van der Waals surface area (Å²) in [6.07, 6.45) is 6.58. The van der Waals surface area contributed by atoms with Crippen LogP contribution in [-0.2, 0) is 4.84 Å². The number of hydrogen-bond donors (Lipinski definition) is 1. The quantitative estimate of drug-likeness (QED) is 0.341. The van der Waals surface area contributed by atoms with Crippen molar-refractivity contribution in [2.75, 3.05) is 0 Å². The molecule has 0 saturated heterocycles. The summed E-state index contributed by atoms with van der Waals surface area (Å²) < 4.78 is 0. The normalized spacial score (nSPS) is 23.6. The number of fused-ring (bicyclic) bond motifs is 2. The van der Waals surface area contributed by atoms with E-state index in [9.17, 15) is 9.59 Å². The van der Waals surface area contributed by atoms with Crippen LogP contribution in [0, 0.1) is 24.7 Å². The highest BCUT2D eigenvalue weighted by Gasteiger charge is 2.49. The maximum absolute atomic E-state index is 12.8. The topological polar surface area (TPSA) is 58.2 Å². The Hall–Kier alpha value is -2.72. The summed E-state index contributed by atoms with van der Waals surface area (Å²) in [7, 11) is 0. The van der Waals surface area contributed by atoms with Gasteiger partial charge in [-0.05, 0) is 68.4 Å². The van der Waals surface area contributed by atoms with E-state index in [1.54, 1.807) is 24.3 Å². The first-order valence-corrected chi connectivity index (χ1v) is 9.89. The van der Waals surface area contributed by atoms with Crippen molar-refractivity contribution in [1.29, 1.82) is 0 Å². The van der Waals surface area contributed by atoms with Gasteiger partial charge in [0.2, 0.25) is 4.79 Å². The molecule has 4 nitrogen and oxygen atoms in total. The van der Waals surface area contributed by atoms with Crippen LogP contribution >= 0.6 is 0 Å². The standard InChI is InChI=1S/C24H25NO3/c1-15-3-5-17(6-4-15)16(2)25-28-24(27)21-13-11-20(12-14-21)23(26)22-18-7-8-19(22)10-9-18/h3-8,11-14,16,18-19,22,25H,9-10H2,1-2H3/q+1/t16-,18-,19+,22?/m0/s1. The number of nitrogens with one attached hydrogen (secondary N) is 1. The number of rotatable bonds is 6. The minimum Gasteiger partial charge on any atom is -0.366 e. The van der Waals surface area contributed by atoms with Crippen LogP contribution in [0.15, 0.2) is 60.7 Å². The van der Waals surface area contributed by atoms with E-state index in [-0.39, 0.29) is 17.7 Å². The first-order valence-electron chi connectivity index (χ1n) is 9.89. The van der Waals surface area contributed by atoms with Gasteiger partial charge in [0, 0.05) is 0 Å². The van der Waals surface area contributed by atoms with Gasteiger partial charge in [0.15, 0.2) is 0 Å². The molecule has 2 aromatic rings. The number of hydroxylamine groups is 1. The van der Waals surface area contributed by atoms with Crippen molar-refractivity contribution in [2.24, 2.45) is 17.8 Å². The van der Waals surface area contributed by atoms with Crippen LogP contribution in [0.25, 0.3) is 0 Å². The molecule has 0 spiro atoms. The van der Waals surface area contributed by atoms with Gasteiger partial charge in [-0.15, -0.1) is 5.48 Å². The van der Waals surface area contributed by atoms with Crippen LogP contribution in [-0.4, -0.2) is 11.8 Å². The number of carbonyl (C=O) groups excluding carboxylic acids is 2. The predicted octanol–water partition coefficient (Wildman–Crippen LogP) is 4.81. The smallest absolute Gasteiger partial charge is 0.366 e. The lowest BCUT2D eigenvalue weighted by Gasteiger charge is -2.14. The van der Waals surface area contributed by atoms with E-state index in [4.69, 9.17) is 4.84 Å². The summed E-state index contributed by atoms with van der Waals surface area (Å²) in [5.41, 5.74) is 6.11. The molecule has 143 valence electrons. The van der Waals surface area contributed by atoms with E-state index in [1.807, 2.05) is 38.1 Å². The van der Waals surface area contributed by atoms with Gasteiger partial charge < -0.3 is 4.84 Å². The molecule has 1 fully saturated rings. The third-order valence-corrected chi connectivity index (χ3v) is 5.97. The van der Waals surface area contributed by atoms with Crippen LogP contribution in [0.4, 0.5) is 0 Å². The molecule has 2 aliphatic carbocycles. The highest BCUT2D eigenvalue weighted by atomic mass is 16.7. The Morgan fingerprint density at radius 1 is 1.00 bits per heavy atom. The van der Waals surface area contributed by atoms with Crippen LogP contribution in [0.1, 0.15) is 57.7 Å². The molecule has 0 aromatic heterocycles. The number of carbonyl (C=O) groups is 2. The third kappa shape index (κ3) is 3.65. The zero-order chi connectivity index (χ0) is 19.7. The van der Waals surface area contributed by atoms with Gasteiger partial charge in [0.05, 0.1) is 17.2 Å². The lowest BCUT2D eigenvalue weighted by Crippen LogP contribution is -2.23. The van der Waals surface area contributed by atoms with E-state index in [1.165, 1.54) is 5.56 Å². The summed E-state index contributed by atoms with van der Waals surface area (Å²) >= 11 is 0. The fourth-order valence-corrected chi connectivity index (χ4v) is 4.25. The Morgan fingerprint density at radius 2 is 1.57 bits per heavy atom. The van der Waals surface area contributed by atoms with E-state index in [0.29, 0.717) is 23.0 Å². The Labute approximate surface area is 165 Å². The fraction of sp³-hybridized carbons (Fsp3) is 0.333. The van der Waals surface area contributed by atoms with Crippen molar-refractivity contribution >= 4 is 11.8 Å². The summed E-state index contributed by atoms with van der Waals surface area (Å²) in [6.45, 7) is 3.97. The molecule has 1 N–H and O–H groups in total. The van der Waals surface area contributed by atoms with Gasteiger partial charge >= 0.3 is 11.8 Å². The number of allylic oxidation sites excluding steroid dienone is 2. The molecular formula is C24H25NO3+. The summed E-state index contributed by atoms with van der Waals surface area (Å²) in [5, 5.41) is 0. The number of ketones is 1. The highest BCUT2D eigenvalue weighted by molar-refractivity contribution is 6.00. The maximum atomic E-state index is 12.8. The average molecular weight is 375 g/mol. The predicted molar refractivity (Wildman–Crippen MR) is 108 cm³/mol. The molecule has 28 heavy (non-hydrogen) atoms. The van der Waals surface area contributed by atoms with Crippen molar-refractivity contribution < 1.29 is 14.4 Å². The second-order valence-electron chi connectivity index (χ2n) is 7.90. The monoisotopic (exact) mass is 375 g/mol. The van der Waals surface area contributed by atoms with Crippen LogP contribution in [0.3, 0.4) is 0 Å². The van der Waals surface area contributed by atoms with Gasteiger partial charge in [-0.25, -0.2) is 4.79 Å². The molecule has 2 aliphatic rings. The second-order valence-corrected chi connectivity index (χ2v) is 7.90. The molecule has 1 radical (unpaired) electrons. The number of benzene rings is 2. The van der Waals surface area contributed by atoms with E-state index >= 15 is 0 Å². The average Bonchev–Trinajstić information content (AvgIpc) is 3.32. The summed E-state index contributed by atoms with van der Waals surface area (Å²) in [4.78, 5) is 30.4. The van der Waals surface area contributed by atoms with Gasteiger partial charge in [-0.1, -0.05) is 42.0 Å². The zero-order valence-electron chi connectivity index (χ0n) is 16.2. The molecule has 4 rings (SSSR count). The molecular weight excluding hydrogens is 350 g/mol. The molecule has 1 unspecified atom stereocenters. The van der Waals surface area contributed by atoms with E-state index in [0.717, 1.165) is 18.4 Å². The maximum Gasteiger partial charge on any atom is 0.478 e. The Bertz CT molecular complexity index is 884. The van der Waals surface area contributed by atoms with Gasteiger partial charge in [0.1, 0.15) is 5.92 Å². The van der Waals surface area contributed by atoms with E-state index in [2.05, 4.69) is 17.6 Å². The molecule has 0 aliphatic heterocycles. The lowest BCUT2D eigenvalue weighted by atomic mass is 9.88. The Morgan fingerprint density at radius 3 is 2.14 bits per heavy atom. The Kier molecular flexibility index (Phi) is 5.14. The van der Waals surface area contributed by atoms with Crippen molar-refractivity contribution in [3.05, 3.63) is 82.9 Å². The Balaban J connectivity index is 1.35. The first-order chi connectivity index (χ1) is 13.5. The van der Waals surface area contributed by atoms with E-state index < -0.39 is 5.97 Å². The lowest BCUT2D eigenvalue weighted by molar-refractivity contribution is 0.0169. The minimum atomic E-state index is -0.458. The molecule has 1 saturated carbocycles. The second kappa shape index (κ2) is 7.72. The third-order valence-electron chi connectivity index (χ3n) is 5.97.